The number of carbonyl (C=O) groups excluding carboxylic acids is 1. The molecule has 0 atom stereocenters. The molecule has 0 saturated heterocycles. The van der Waals surface area contributed by atoms with Gasteiger partial charge in [0.05, 0.1) is 16.8 Å². The number of fused-ring (bicyclic) bond motifs is 1. The monoisotopic (exact) mass is 280 g/mol. The molecule has 1 heterocycles. The average molecular weight is 280 g/mol. The van der Waals surface area contributed by atoms with Crippen LogP contribution >= 0.6 is 0 Å². The number of nitrogens with one attached hydrogen (secondary N) is 1. The molecule has 0 fully saturated rings. The lowest BCUT2D eigenvalue weighted by Gasteiger charge is -2.07. The predicted octanol–water partition coefficient (Wildman–Crippen LogP) is 2.63. The average Bonchev–Trinajstić information content (AvgIpc) is 2.49. The third-order valence-corrected chi connectivity index (χ3v) is 3.07. The fourth-order valence-electron chi connectivity index (χ4n) is 2.01. The Morgan fingerprint density at radius 1 is 1.05 bits per heavy atom. The van der Waals surface area contributed by atoms with E-state index in [0.717, 1.165) is 0 Å². The summed E-state index contributed by atoms with van der Waals surface area (Å²) in [4.78, 5) is 24.1. The van der Waals surface area contributed by atoms with Crippen LogP contribution in [0, 0.1) is 0 Å². The Bertz CT molecular complexity index is 884. The lowest BCUT2D eigenvalue weighted by Crippen LogP contribution is -2.15. The van der Waals surface area contributed by atoms with E-state index in [1.807, 2.05) is 0 Å². The fraction of sp³-hybridized carbons (Fsp3) is 0. The molecule has 3 N–H and O–H groups in total. The standard InChI is InChI=1S/C16H12N2O3/c17-11-6-2-3-7-12(11)18-16(20)15-9-13(19)10-5-1-4-8-14(10)21-15/h1-9H,17H2,(H,18,20). The minimum atomic E-state index is -0.518. The Kier molecular flexibility index (Phi) is 3.16. The maximum Gasteiger partial charge on any atom is 0.291 e. The number of carbonyl (C=O) groups is 1. The summed E-state index contributed by atoms with van der Waals surface area (Å²) in [7, 11) is 0. The van der Waals surface area contributed by atoms with Crippen molar-refractivity contribution in [3.8, 4) is 0 Å². The van der Waals surface area contributed by atoms with Crippen LogP contribution in [0.2, 0.25) is 0 Å². The third kappa shape index (κ3) is 2.49. The largest absolute Gasteiger partial charge is 0.451 e. The van der Waals surface area contributed by atoms with Gasteiger partial charge >= 0.3 is 0 Å². The van der Waals surface area contributed by atoms with Crippen molar-refractivity contribution >= 4 is 28.3 Å². The van der Waals surface area contributed by atoms with Crippen molar-refractivity contribution in [2.75, 3.05) is 11.1 Å². The fourth-order valence-corrected chi connectivity index (χ4v) is 2.01. The van der Waals surface area contributed by atoms with E-state index in [9.17, 15) is 9.59 Å². The van der Waals surface area contributed by atoms with Crippen molar-refractivity contribution < 1.29 is 9.21 Å². The quantitative estimate of drug-likeness (QED) is 0.707. The molecule has 5 nitrogen and oxygen atoms in total. The van der Waals surface area contributed by atoms with Gasteiger partial charge in [-0.15, -0.1) is 0 Å². The van der Waals surface area contributed by atoms with Crippen molar-refractivity contribution in [2.45, 2.75) is 0 Å². The van der Waals surface area contributed by atoms with Crippen LogP contribution in [0.1, 0.15) is 10.6 Å². The summed E-state index contributed by atoms with van der Waals surface area (Å²) in [5, 5.41) is 3.06. The molecule has 0 radical (unpaired) electrons. The molecule has 1 amide bonds. The zero-order valence-electron chi connectivity index (χ0n) is 11.0. The van der Waals surface area contributed by atoms with Gasteiger partial charge in [0.25, 0.3) is 5.91 Å². The van der Waals surface area contributed by atoms with Gasteiger partial charge in [-0.25, -0.2) is 0 Å². The molecule has 0 spiro atoms. The van der Waals surface area contributed by atoms with Crippen LogP contribution in [-0.4, -0.2) is 5.91 Å². The maximum absolute atomic E-state index is 12.2. The van der Waals surface area contributed by atoms with Crippen LogP contribution in [0.15, 0.2) is 63.8 Å². The highest BCUT2D eigenvalue weighted by molar-refractivity contribution is 6.04. The lowest BCUT2D eigenvalue weighted by molar-refractivity contribution is 0.0997. The van der Waals surface area contributed by atoms with Gasteiger partial charge in [0.2, 0.25) is 0 Å². The van der Waals surface area contributed by atoms with Gasteiger partial charge in [-0.2, -0.15) is 0 Å². The molecule has 104 valence electrons. The summed E-state index contributed by atoms with van der Waals surface area (Å²) < 4.78 is 5.46. The normalized spacial score (nSPS) is 10.5. The first kappa shape index (κ1) is 12.9. The highest BCUT2D eigenvalue weighted by Gasteiger charge is 2.13. The van der Waals surface area contributed by atoms with Crippen molar-refractivity contribution in [3.05, 3.63) is 70.6 Å². The van der Waals surface area contributed by atoms with Gasteiger partial charge in [0.15, 0.2) is 11.2 Å². The number of anilines is 2. The number of rotatable bonds is 2. The Morgan fingerprint density at radius 3 is 2.57 bits per heavy atom. The van der Waals surface area contributed by atoms with E-state index >= 15 is 0 Å². The number of nitrogens with two attached hydrogens (primary N) is 1. The van der Waals surface area contributed by atoms with E-state index in [2.05, 4.69) is 5.32 Å². The first-order chi connectivity index (χ1) is 10.1. The van der Waals surface area contributed by atoms with Gasteiger partial charge < -0.3 is 15.5 Å². The van der Waals surface area contributed by atoms with E-state index in [4.69, 9.17) is 10.2 Å². The molecule has 0 aliphatic rings. The Morgan fingerprint density at radius 2 is 1.76 bits per heavy atom. The SMILES string of the molecule is Nc1ccccc1NC(=O)c1cc(=O)c2ccccc2o1. The van der Waals surface area contributed by atoms with E-state index < -0.39 is 5.91 Å². The summed E-state index contributed by atoms with van der Waals surface area (Å²) in [5.74, 6) is -0.572. The second-order valence-corrected chi connectivity index (χ2v) is 4.51. The van der Waals surface area contributed by atoms with Crippen LogP contribution in [0.5, 0.6) is 0 Å². The molecule has 21 heavy (non-hydrogen) atoms. The van der Waals surface area contributed by atoms with Crippen LogP contribution in [0.3, 0.4) is 0 Å². The highest BCUT2D eigenvalue weighted by Crippen LogP contribution is 2.18. The van der Waals surface area contributed by atoms with E-state index in [1.165, 1.54) is 6.07 Å². The van der Waals surface area contributed by atoms with Crippen LogP contribution < -0.4 is 16.5 Å². The third-order valence-electron chi connectivity index (χ3n) is 3.07. The zero-order valence-corrected chi connectivity index (χ0v) is 11.0. The minimum Gasteiger partial charge on any atom is -0.451 e. The second kappa shape index (κ2) is 5.13. The lowest BCUT2D eigenvalue weighted by atomic mass is 10.2. The molecule has 0 bridgehead atoms. The predicted molar refractivity (Wildman–Crippen MR) is 81.3 cm³/mol. The summed E-state index contributed by atoms with van der Waals surface area (Å²) in [6, 6.07) is 14.8. The van der Waals surface area contributed by atoms with Crippen molar-refractivity contribution in [3.63, 3.8) is 0 Å². The Labute approximate surface area is 120 Å². The van der Waals surface area contributed by atoms with E-state index in [-0.39, 0.29) is 11.2 Å². The van der Waals surface area contributed by atoms with Gasteiger partial charge in [-0.05, 0) is 24.3 Å². The van der Waals surface area contributed by atoms with Crippen LogP contribution in [0.4, 0.5) is 11.4 Å². The molecule has 5 heteroatoms. The highest BCUT2D eigenvalue weighted by atomic mass is 16.3. The van der Waals surface area contributed by atoms with E-state index in [1.54, 1.807) is 48.5 Å². The summed E-state index contributed by atoms with van der Waals surface area (Å²) in [5.41, 5.74) is 6.78. The number of hydrogen-bond donors (Lipinski definition) is 2. The minimum absolute atomic E-state index is 0.0537. The summed E-state index contributed by atoms with van der Waals surface area (Å²) >= 11 is 0. The molecule has 1 aromatic heterocycles. The summed E-state index contributed by atoms with van der Waals surface area (Å²) in [6.07, 6.45) is 0. The van der Waals surface area contributed by atoms with Crippen molar-refractivity contribution in [1.82, 2.24) is 0 Å². The molecular formula is C16H12N2O3. The summed E-state index contributed by atoms with van der Waals surface area (Å²) in [6.45, 7) is 0. The Balaban J connectivity index is 1.99. The topological polar surface area (TPSA) is 85.3 Å². The molecular weight excluding hydrogens is 268 g/mol. The first-order valence-electron chi connectivity index (χ1n) is 6.34. The van der Waals surface area contributed by atoms with Gasteiger partial charge in [0, 0.05) is 6.07 Å². The molecule has 0 aliphatic heterocycles. The first-order valence-corrected chi connectivity index (χ1v) is 6.34. The molecule has 3 aromatic rings. The number of para-hydroxylation sites is 3. The van der Waals surface area contributed by atoms with E-state index in [0.29, 0.717) is 22.3 Å². The molecule has 2 aromatic carbocycles. The smallest absolute Gasteiger partial charge is 0.291 e. The number of benzene rings is 2. The molecule has 0 aliphatic carbocycles. The molecule has 0 saturated carbocycles. The van der Waals surface area contributed by atoms with Gasteiger partial charge in [-0.1, -0.05) is 24.3 Å². The van der Waals surface area contributed by atoms with Crippen molar-refractivity contribution in [2.24, 2.45) is 0 Å². The zero-order chi connectivity index (χ0) is 14.8. The second-order valence-electron chi connectivity index (χ2n) is 4.51. The maximum atomic E-state index is 12.2. The van der Waals surface area contributed by atoms with Gasteiger partial charge in [-0.3, -0.25) is 9.59 Å². The van der Waals surface area contributed by atoms with Gasteiger partial charge in [0.1, 0.15) is 5.58 Å². The molecule has 0 unspecified atom stereocenters. The van der Waals surface area contributed by atoms with Crippen molar-refractivity contribution in [1.29, 1.82) is 0 Å². The number of hydrogen-bond acceptors (Lipinski definition) is 4. The van der Waals surface area contributed by atoms with Crippen LogP contribution in [-0.2, 0) is 0 Å². The Hall–Kier alpha value is -3.08. The van der Waals surface area contributed by atoms with Crippen LogP contribution in [0.25, 0.3) is 11.0 Å². The number of amides is 1. The molecule has 3 rings (SSSR count). The number of nitrogen functional groups attached to an aromatic ring is 1.